The molecule has 3 unspecified atom stereocenters. The van der Waals surface area contributed by atoms with Crippen molar-refractivity contribution in [3.63, 3.8) is 0 Å². The molecular formula is C42H54O8. The number of aldehydes is 1. The van der Waals surface area contributed by atoms with Gasteiger partial charge in [0.15, 0.2) is 5.78 Å². The Morgan fingerprint density at radius 2 is 1.26 bits per heavy atom. The summed E-state index contributed by atoms with van der Waals surface area (Å²) in [6.07, 6.45) is 12.1. The number of carbonyl (C=O) groups is 8. The maximum Gasteiger partial charge on any atom is 0.170 e. The van der Waals surface area contributed by atoms with E-state index in [2.05, 4.69) is 0 Å². The van der Waals surface area contributed by atoms with Gasteiger partial charge in [0, 0.05) is 61.8 Å². The molecular weight excluding hydrogens is 632 g/mol. The van der Waals surface area contributed by atoms with Gasteiger partial charge in [-0.05, 0) is 77.7 Å². The predicted molar refractivity (Wildman–Crippen MR) is 193 cm³/mol. The van der Waals surface area contributed by atoms with Crippen LogP contribution in [0.4, 0.5) is 0 Å². The second-order valence-corrected chi connectivity index (χ2v) is 13.5. The molecule has 8 nitrogen and oxygen atoms in total. The molecule has 0 spiro atoms. The smallest absolute Gasteiger partial charge is 0.170 e. The molecule has 3 aliphatic carbocycles. The zero-order valence-corrected chi connectivity index (χ0v) is 30.0. The summed E-state index contributed by atoms with van der Waals surface area (Å²) in [5.41, 5.74) is 1.75. The van der Waals surface area contributed by atoms with Gasteiger partial charge in [-0.15, -0.1) is 0 Å². The molecule has 2 aromatic carbocycles. The molecule has 3 aliphatic rings. The Morgan fingerprint density at radius 3 is 1.74 bits per heavy atom. The number of hydrogen-bond acceptors (Lipinski definition) is 8. The number of carbonyl (C=O) groups excluding carboxylic acids is 8. The third-order valence-corrected chi connectivity index (χ3v) is 9.61. The van der Waals surface area contributed by atoms with E-state index in [0.717, 1.165) is 68.8 Å². The SMILES string of the molecule is CC(=O)C1CCC(=O)CC1.CC(=O)C1CCCC(=O)C1.CC(=O)C1CCCCC1=O.O=CCCCC(C(=O)c1ccccc1)c1ccccc1. The fraction of sp³-hybridized carbons (Fsp3) is 0.524. The molecule has 3 fully saturated rings. The fourth-order valence-corrected chi connectivity index (χ4v) is 6.47. The standard InChI is InChI=1S/C18H18O2.3C8H12O2/c19-14-8-7-13-17(15-9-3-1-4-10-15)18(20)16-11-5-2-6-12-16;1-6(9)7-2-4-8(10)5-3-7;1-6(9)7-3-2-4-8(10)5-7;1-6(9)7-4-2-3-5-8(7)10/h1-6,9-12,14,17H,7-8,13H2;3*7H,2-5H2,1H3. The van der Waals surface area contributed by atoms with Gasteiger partial charge in [0.05, 0.1) is 5.92 Å². The molecule has 0 amide bonds. The van der Waals surface area contributed by atoms with E-state index >= 15 is 0 Å². The van der Waals surface area contributed by atoms with E-state index in [1.54, 1.807) is 13.8 Å². The highest BCUT2D eigenvalue weighted by Crippen LogP contribution is 2.27. The summed E-state index contributed by atoms with van der Waals surface area (Å²) in [4.78, 5) is 88.1. The van der Waals surface area contributed by atoms with E-state index in [9.17, 15) is 38.4 Å². The minimum absolute atomic E-state index is 0.0428. The Hall–Kier alpha value is -4.20. The van der Waals surface area contributed by atoms with Crippen molar-refractivity contribution < 1.29 is 38.4 Å². The Labute approximate surface area is 297 Å². The molecule has 8 heteroatoms. The molecule has 0 bridgehead atoms. The predicted octanol–water partition coefficient (Wildman–Crippen LogP) is 8.03. The van der Waals surface area contributed by atoms with Crippen LogP contribution in [0.1, 0.15) is 139 Å². The summed E-state index contributed by atoms with van der Waals surface area (Å²) in [5, 5.41) is 0. The van der Waals surface area contributed by atoms with E-state index in [1.165, 1.54) is 6.92 Å². The quantitative estimate of drug-likeness (QED) is 0.106. The lowest BCUT2D eigenvalue weighted by molar-refractivity contribution is -0.133. The van der Waals surface area contributed by atoms with Crippen LogP contribution in [0, 0.1) is 17.8 Å². The maximum atomic E-state index is 12.7. The van der Waals surface area contributed by atoms with E-state index in [0.29, 0.717) is 50.7 Å². The van der Waals surface area contributed by atoms with Crippen molar-refractivity contribution in [3.8, 4) is 0 Å². The van der Waals surface area contributed by atoms with Crippen molar-refractivity contribution in [2.75, 3.05) is 0 Å². The molecule has 50 heavy (non-hydrogen) atoms. The minimum Gasteiger partial charge on any atom is -0.303 e. The van der Waals surface area contributed by atoms with E-state index in [4.69, 9.17) is 0 Å². The average Bonchev–Trinajstić information content (AvgIpc) is 3.12. The summed E-state index contributed by atoms with van der Waals surface area (Å²) < 4.78 is 0. The molecule has 0 heterocycles. The number of Topliss-reactive ketones (excluding diaryl/α,β-unsaturated/α-hetero) is 7. The normalized spacial score (nSPS) is 19.5. The molecule has 5 rings (SSSR count). The number of rotatable bonds is 10. The molecule has 0 aromatic heterocycles. The molecule has 270 valence electrons. The van der Waals surface area contributed by atoms with Crippen LogP contribution in [0.25, 0.3) is 0 Å². The van der Waals surface area contributed by atoms with Gasteiger partial charge in [-0.2, -0.15) is 0 Å². The molecule has 0 radical (unpaired) electrons. The highest BCUT2D eigenvalue weighted by molar-refractivity contribution is 6.02. The minimum atomic E-state index is -0.256. The number of hydrogen-bond donors (Lipinski definition) is 0. The van der Waals surface area contributed by atoms with Gasteiger partial charge in [0.2, 0.25) is 0 Å². The summed E-state index contributed by atoms with van der Waals surface area (Å²) in [7, 11) is 0. The summed E-state index contributed by atoms with van der Waals surface area (Å²) >= 11 is 0. The second-order valence-electron chi connectivity index (χ2n) is 13.5. The molecule has 3 saturated carbocycles. The second kappa shape index (κ2) is 23.2. The zero-order valence-electron chi connectivity index (χ0n) is 30.0. The van der Waals surface area contributed by atoms with Gasteiger partial charge < -0.3 is 4.79 Å². The van der Waals surface area contributed by atoms with Crippen molar-refractivity contribution in [1.82, 2.24) is 0 Å². The lowest BCUT2D eigenvalue weighted by Gasteiger charge is -2.17. The van der Waals surface area contributed by atoms with Crippen LogP contribution >= 0.6 is 0 Å². The molecule has 2 aromatic rings. The van der Waals surface area contributed by atoms with Gasteiger partial charge in [-0.25, -0.2) is 0 Å². The summed E-state index contributed by atoms with van der Waals surface area (Å²) in [5.74, 6) is 1.11. The van der Waals surface area contributed by atoms with Crippen LogP contribution in [-0.4, -0.2) is 46.8 Å². The first-order valence-corrected chi connectivity index (χ1v) is 18.1. The molecule has 3 atom stereocenters. The van der Waals surface area contributed by atoms with E-state index < -0.39 is 0 Å². The first-order chi connectivity index (χ1) is 23.9. The highest BCUT2D eigenvalue weighted by Gasteiger charge is 2.26. The first kappa shape index (κ1) is 42.0. The Balaban J connectivity index is 0.000000246. The van der Waals surface area contributed by atoms with Crippen LogP contribution in [0.15, 0.2) is 60.7 Å². The zero-order chi connectivity index (χ0) is 36.9. The van der Waals surface area contributed by atoms with Gasteiger partial charge in [0.1, 0.15) is 41.0 Å². The van der Waals surface area contributed by atoms with E-state index in [-0.39, 0.29) is 58.4 Å². The third-order valence-electron chi connectivity index (χ3n) is 9.61. The molecule has 0 saturated heterocycles. The number of unbranched alkanes of at least 4 members (excludes halogenated alkanes) is 1. The Morgan fingerprint density at radius 1 is 0.660 bits per heavy atom. The molecule has 0 aliphatic heterocycles. The average molecular weight is 687 g/mol. The maximum absolute atomic E-state index is 12.7. The van der Waals surface area contributed by atoms with Gasteiger partial charge in [-0.1, -0.05) is 67.1 Å². The van der Waals surface area contributed by atoms with Crippen molar-refractivity contribution in [2.24, 2.45) is 17.8 Å². The number of benzene rings is 2. The van der Waals surface area contributed by atoms with Crippen LogP contribution in [-0.2, 0) is 33.6 Å². The molecule has 0 N–H and O–H groups in total. The third kappa shape index (κ3) is 15.6. The van der Waals surface area contributed by atoms with Gasteiger partial charge in [-0.3, -0.25) is 33.6 Å². The lowest BCUT2D eigenvalue weighted by atomic mass is 9.86. The number of ketones is 7. The van der Waals surface area contributed by atoms with Gasteiger partial charge in [0.25, 0.3) is 0 Å². The van der Waals surface area contributed by atoms with Crippen molar-refractivity contribution >= 4 is 46.8 Å². The monoisotopic (exact) mass is 686 g/mol. The Kier molecular flexibility index (Phi) is 19.5. The van der Waals surface area contributed by atoms with Crippen LogP contribution < -0.4 is 0 Å². The van der Waals surface area contributed by atoms with Crippen molar-refractivity contribution in [2.45, 2.75) is 123 Å². The fourth-order valence-electron chi connectivity index (χ4n) is 6.47. The van der Waals surface area contributed by atoms with Crippen LogP contribution in [0.3, 0.4) is 0 Å². The van der Waals surface area contributed by atoms with E-state index in [1.807, 2.05) is 60.7 Å². The summed E-state index contributed by atoms with van der Waals surface area (Å²) in [6, 6.07) is 19.1. The lowest BCUT2D eigenvalue weighted by Crippen LogP contribution is -2.24. The summed E-state index contributed by atoms with van der Waals surface area (Å²) in [6.45, 7) is 4.69. The Bertz CT molecular complexity index is 1420. The largest absolute Gasteiger partial charge is 0.303 e. The topological polar surface area (TPSA) is 137 Å². The van der Waals surface area contributed by atoms with Crippen molar-refractivity contribution in [1.29, 1.82) is 0 Å². The first-order valence-electron chi connectivity index (χ1n) is 18.1. The highest BCUT2D eigenvalue weighted by atomic mass is 16.2. The van der Waals surface area contributed by atoms with Crippen molar-refractivity contribution in [3.05, 3.63) is 71.8 Å². The van der Waals surface area contributed by atoms with Crippen LogP contribution in [0.2, 0.25) is 0 Å². The van der Waals surface area contributed by atoms with Crippen LogP contribution in [0.5, 0.6) is 0 Å². The van der Waals surface area contributed by atoms with Gasteiger partial charge >= 0.3 is 0 Å².